The summed E-state index contributed by atoms with van der Waals surface area (Å²) in [5.74, 6) is 5.20. The van der Waals surface area contributed by atoms with Gasteiger partial charge in [-0.25, -0.2) is 4.39 Å². The first-order chi connectivity index (χ1) is 10.0. The summed E-state index contributed by atoms with van der Waals surface area (Å²) in [5.41, 5.74) is 0.735. The van der Waals surface area contributed by atoms with Gasteiger partial charge in [0.1, 0.15) is 12.4 Å². The molecule has 1 amide bonds. The number of aliphatic hydroxyl groups is 1. The highest BCUT2D eigenvalue weighted by molar-refractivity contribution is 5.97. The number of amides is 1. The molecule has 1 fully saturated rings. The van der Waals surface area contributed by atoms with Gasteiger partial charge in [0, 0.05) is 18.2 Å². The summed E-state index contributed by atoms with van der Waals surface area (Å²) in [7, 11) is 0. The van der Waals surface area contributed by atoms with E-state index in [1.807, 2.05) is 6.92 Å². The van der Waals surface area contributed by atoms with Crippen molar-refractivity contribution >= 4 is 5.91 Å². The fourth-order valence-electron chi connectivity index (χ4n) is 2.80. The Kier molecular flexibility index (Phi) is 4.98. The van der Waals surface area contributed by atoms with Crippen molar-refractivity contribution in [2.45, 2.75) is 32.7 Å². The van der Waals surface area contributed by atoms with E-state index in [9.17, 15) is 9.18 Å². The van der Waals surface area contributed by atoms with E-state index < -0.39 is 5.82 Å². The molecule has 1 aliphatic heterocycles. The largest absolute Gasteiger partial charge is 0.384 e. The normalized spacial score (nSPS) is 21.6. The van der Waals surface area contributed by atoms with Gasteiger partial charge < -0.3 is 10.0 Å². The molecule has 112 valence electrons. The summed E-state index contributed by atoms with van der Waals surface area (Å²) in [6, 6.07) is 4.14. The minimum atomic E-state index is -0.453. The number of halogens is 1. The lowest BCUT2D eigenvalue weighted by atomic mass is 9.92. The quantitative estimate of drug-likeness (QED) is 0.807. The van der Waals surface area contributed by atoms with Gasteiger partial charge in [-0.1, -0.05) is 18.8 Å². The summed E-state index contributed by atoms with van der Waals surface area (Å²) in [6.07, 6.45) is 1.92. The first-order valence-corrected chi connectivity index (χ1v) is 7.23. The minimum Gasteiger partial charge on any atom is -0.384 e. The maximum absolute atomic E-state index is 13.5. The Morgan fingerprint density at radius 1 is 1.48 bits per heavy atom. The van der Waals surface area contributed by atoms with Crippen LogP contribution in [0.1, 0.15) is 42.6 Å². The Morgan fingerprint density at radius 3 is 2.90 bits per heavy atom. The molecule has 0 aliphatic carbocycles. The Labute approximate surface area is 124 Å². The summed E-state index contributed by atoms with van der Waals surface area (Å²) in [5, 5.41) is 8.79. The Balaban J connectivity index is 2.32. The fourth-order valence-corrected chi connectivity index (χ4v) is 2.80. The van der Waals surface area contributed by atoms with Gasteiger partial charge >= 0.3 is 0 Å². The molecule has 1 saturated heterocycles. The van der Waals surface area contributed by atoms with Crippen LogP contribution in [-0.4, -0.2) is 35.1 Å². The van der Waals surface area contributed by atoms with Crippen molar-refractivity contribution in [2.24, 2.45) is 5.92 Å². The van der Waals surface area contributed by atoms with Crippen LogP contribution in [0.3, 0.4) is 0 Å². The molecule has 4 heteroatoms. The van der Waals surface area contributed by atoms with Crippen molar-refractivity contribution in [2.75, 3.05) is 13.2 Å². The van der Waals surface area contributed by atoms with Crippen molar-refractivity contribution in [1.29, 1.82) is 0 Å². The van der Waals surface area contributed by atoms with Crippen molar-refractivity contribution in [3.63, 3.8) is 0 Å². The van der Waals surface area contributed by atoms with Crippen LogP contribution < -0.4 is 0 Å². The number of aliphatic hydroxyl groups excluding tert-OH is 1. The van der Waals surface area contributed by atoms with Gasteiger partial charge in [0.2, 0.25) is 0 Å². The lowest BCUT2D eigenvalue weighted by molar-refractivity contribution is 0.0588. The van der Waals surface area contributed by atoms with Crippen LogP contribution in [0.5, 0.6) is 0 Å². The Bertz CT molecular complexity index is 588. The van der Waals surface area contributed by atoms with E-state index in [4.69, 9.17) is 5.11 Å². The van der Waals surface area contributed by atoms with Crippen LogP contribution in [0.2, 0.25) is 0 Å². The summed E-state index contributed by atoms with van der Waals surface area (Å²) >= 11 is 0. The first kappa shape index (κ1) is 15.5. The topological polar surface area (TPSA) is 40.5 Å². The second-order valence-electron chi connectivity index (χ2n) is 5.63. The molecule has 1 aromatic rings. The van der Waals surface area contributed by atoms with Crippen LogP contribution >= 0.6 is 0 Å². The zero-order valence-corrected chi connectivity index (χ0v) is 12.4. The summed E-state index contributed by atoms with van der Waals surface area (Å²) in [4.78, 5) is 14.5. The van der Waals surface area contributed by atoms with E-state index in [0.29, 0.717) is 18.0 Å². The van der Waals surface area contributed by atoms with Crippen molar-refractivity contribution < 1.29 is 14.3 Å². The van der Waals surface area contributed by atoms with Crippen LogP contribution in [0, 0.1) is 23.6 Å². The van der Waals surface area contributed by atoms with E-state index in [2.05, 4.69) is 18.8 Å². The predicted octanol–water partition coefficient (Wildman–Crippen LogP) is 2.43. The maximum Gasteiger partial charge on any atom is 0.255 e. The van der Waals surface area contributed by atoms with Crippen molar-refractivity contribution in [3.05, 3.63) is 35.1 Å². The molecule has 0 aromatic heterocycles. The standard InChI is InChI=1S/C17H20FNO2/c1-12-7-8-19(13(2)10-12)17(21)16-11-15(18)6-5-14(16)4-3-9-20/h5-6,11-13,20H,7-10H2,1-2H3. The lowest BCUT2D eigenvalue weighted by Crippen LogP contribution is -2.44. The smallest absolute Gasteiger partial charge is 0.255 e. The molecule has 1 N–H and O–H groups in total. The number of rotatable bonds is 1. The molecule has 1 heterocycles. The van der Waals surface area contributed by atoms with Gasteiger partial charge in [-0.3, -0.25) is 4.79 Å². The molecule has 3 nitrogen and oxygen atoms in total. The SMILES string of the molecule is CC1CCN(C(=O)c2cc(F)ccc2C#CCO)C(C)C1. The summed E-state index contributed by atoms with van der Waals surface area (Å²) < 4.78 is 13.5. The number of carbonyl (C=O) groups is 1. The molecule has 2 rings (SSSR count). The summed E-state index contributed by atoms with van der Waals surface area (Å²) in [6.45, 7) is 4.60. The lowest BCUT2D eigenvalue weighted by Gasteiger charge is -2.36. The zero-order valence-electron chi connectivity index (χ0n) is 12.4. The van der Waals surface area contributed by atoms with E-state index in [1.54, 1.807) is 4.90 Å². The van der Waals surface area contributed by atoms with Crippen LogP contribution in [0.25, 0.3) is 0 Å². The highest BCUT2D eigenvalue weighted by atomic mass is 19.1. The van der Waals surface area contributed by atoms with E-state index in [-0.39, 0.29) is 24.1 Å². The molecule has 0 saturated carbocycles. The second-order valence-corrected chi connectivity index (χ2v) is 5.63. The third kappa shape index (κ3) is 3.62. The number of piperidine rings is 1. The predicted molar refractivity (Wildman–Crippen MR) is 79.3 cm³/mol. The van der Waals surface area contributed by atoms with E-state index in [0.717, 1.165) is 12.8 Å². The molecule has 0 spiro atoms. The Morgan fingerprint density at radius 2 is 2.24 bits per heavy atom. The van der Waals surface area contributed by atoms with Crippen LogP contribution in [-0.2, 0) is 0 Å². The number of likely N-dealkylation sites (tertiary alicyclic amines) is 1. The highest BCUT2D eigenvalue weighted by Crippen LogP contribution is 2.25. The highest BCUT2D eigenvalue weighted by Gasteiger charge is 2.28. The fraction of sp³-hybridized carbons (Fsp3) is 0.471. The van der Waals surface area contributed by atoms with Gasteiger partial charge in [0.05, 0.1) is 5.56 Å². The number of carbonyl (C=O) groups excluding carboxylic acids is 1. The molecule has 1 aliphatic rings. The average molecular weight is 289 g/mol. The van der Waals surface area contributed by atoms with E-state index >= 15 is 0 Å². The zero-order chi connectivity index (χ0) is 15.4. The molecule has 2 atom stereocenters. The third-order valence-electron chi connectivity index (χ3n) is 3.91. The van der Waals surface area contributed by atoms with Crippen LogP contribution in [0.15, 0.2) is 18.2 Å². The molecule has 0 bridgehead atoms. The van der Waals surface area contributed by atoms with Gasteiger partial charge in [-0.15, -0.1) is 0 Å². The molecular formula is C17H20FNO2. The number of benzene rings is 1. The van der Waals surface area contributed by atoms with Crippen LogP contribution in [0.4, 0.5) is 4.39 Å². The number of nitrogens with zero attached hydrogens (tertiary/aromatic N) is 1. The second kappa shape index (κ2) is 6.73. The van der Waals surface area contributed by atoms with Gasteiger partial charge in [0.25, 0.3) is 5.91 Å². The van der Waals surface area contributed by atoms with Crippen molar-refractivity contribution in [1.82, 2.24) is 4.90 Å². The number of hydrogen-bond acceptors (Lipinski definition) is 2. The monoisotopic (exact) mass is 289 g/mol. The Hall–Kier alpha value is -1.86. The molecule has 1 aromatic carbocycles. The van der Waals surface area contributed by atoms with E-state index in [1.165, 1.54) is 18.2 Å². The van der Waals surface area contributed by atoms with Gasteiger partial charge in [-0.2, -0.15) is 0 Å². The minimum absolute atomic E-state index is 0.142. The first-order valence-electron chi connectivity index (χ1n) is 7.23. The maximum atomic E-state index is 13.5. The molecule has 21 heavy (non-hydrogen) atoms. The van der Waals surface area contributed by atoms with Gasteiger partial charge in [0.15, 0.2) is 0 Å². The van der Waals surface area contributed by atoms with Gasteiger partial charge in [-0.05, 0) is 43.9 Å². The molecule has 2 unspecified atom stereocenters. The van der Waals surface area contributed by atoms with Crippen molar-refractivity contribution in [3.8, 4) is 11.8 Å². The number of hydrogen-bond donors (Lipinski definition) is 1. The molecular weight excluding hydrogens is 269 g/mol. The third-order valence-corrected chi connectivity index (χ3v) is 3.91. The average Bonchev–Trinajstić information content (AvgIpc) is 2.45. The molecule has 0 radical (unpaired) electrons.